The fourth-order valence-electron chi connectivity index (χ4n) is 2.00. The number of carbonyl (C=O) groups excluding carboxylic acids is 1. The number of carbonyl (C=O) groups is 2. The number of amides is 1. The highest BCUT2D eigenvalue weighted by atomic mass is 79.9. The van der Waals surface area contributed by atoms with Crippen molar-refractivity contribution in [2.24, 2.45) is 5.92 Å². The molecule has 6 heteroatoms. The summed E-state index contributed by atoms with van der Waals surface area (Å²) in [4.78, 5) is 24.5. The fourth-order valence-corrected chi connectivity index (χ4v) is 2.38. The van der Waals surface area contributed by atoms with E-state index in [0.717, 1.165) is 17.3 Å². The van der Waals surface area contributed by atoms with Gasteiger partial charge in [-0.05, 0) is 46.8 Å². The summed E-state index contributed by atoms with van der Waals surface area (Å²) in [5.41, 5.74) is 0.694. The third kappa shape index (κ3) is 4.94. The second kappa shape index (κ2) is 6.85. The summed E-state index contributed by atoms with van der Waals surface area (Å²) in [6, 6.07) is 7.34. The number of nitrogens with one attached hydrogen (secondary N) is 1. The standard InChI is InChI=1S/C14H17BrN2O3/c15-11-3-1-2-4-12(11)16-13(18)8-17(9-14(19)20)7-10-5-6-10/h1-4,10H,5-9H2,(H,16,18)(H,19,20). The molecule has 108 valence electrons. The quantitative estimate of drug-likeness (QED) is 0.798. The number of anilines is 1. The van der Waals surface area contributed by atoms with Crippen molar-refractivity contribution in [3.8, 4) is 0 Å². The Morgan fingerprint density at radius 1 is 1.30 bits per heavy atom. The molecule has 5 nitrogen and oxygen atoms in total. The Kier molecular flexibility index (Phi) is 5.14. The first-order valence-electron chi connectivity index (χ1n) is 6.53. The van der Waals surface area contributed by atoms with Gasteiger partial charge in [0.1, 0.15) is 0 Å². The zero-order chi connectivity index (χ0) is 14.5. The zero-order valence-corrected chi connectivity index (χ0v) is 12.6. The molecule has 1 saturated carbocycles. The molecule has 1 aliphatic rings. The van der Waals surface area contributed by atoms with Crippen molar-refractivity contribution in [2.45, 2.75) is 12.8 Å². The first kappa shape index (κ1) is 15.0. The van der Waals surface area contributed by atoms with Gasteiger partial charge in [0.2, 0.25) is 5.91 Å². The minimum atomic E-state index is -0.903. The maximum Gasteiger partial charge on any atom is 0.317 e. The number of hydrogen-bond donors (Lipinski definition) is 2. The van der Waals surface area contributed by atoms with Crippen LogP contribution in [-0.2, 0) is 9.59 Å². The average molecular weight is 341 g/mol. The number of carboxylic acid groups (broad SMARTS) is 1. The Morgan fingerprint density at radius 2 is 2.00 bits per heavy atom. The SMILES string of the molecule is O=C(O)CN(CC(=O)Nc1ccccc1Br)CC1CC1. The largest absolute Gasteiger partial charge is 0.480 e. The molecular formula is C14H17BrN2O3. The maximum atomic E-state index is 12.0. The number of rotatable bonds is 7. The highest BCUT2D eigenvalue weighted by Crippen LogP contribution is 2.29. The Balaban J connectivity index is 1.90. The van der Waals surface area contributed by atoms with Crippen LogP contribution in [0, 0.1) is 5.92 Å². The molecule has 20 heavy (non-hydrogen) atoms. The topological polar surface area (TPSA) is 69.6 Å². The van der Waals surface area contributed by atoms with Gasteiger partial charge >= 0.3 is 5.97 Å². The second-order valence-electron chi connectivity index (χ2n) is 5.03. The van der Waals surface area contributed by atoms with Gasteiger partial charge in [-0.3, -0.25) is 14.5 Å². The van der Waals surface area contributed by atoms with E-state index in [0.29, 0.717) is 18.2 Å². The van der Waals surface area contributed by atoms with Crippen molar-refractivity contribution in [2.75, 3.05) is 25.0 Å². The van der Waals surface area contributed by atoms with E-state index < -0.39 is 5.97 Å². The predicted molar refractivity (Wildman–Crippen MR) is 79.6 cm³/mol. The Labute approximate surface area is 126 Å². The molecule has 0 atom stereocenters. The molecule has 1 aliphatic carbocycles. The smallest absolute Gasteiger partial charge is 0.317 e. The maximum absolute atomic E-state index is 12.0. The van der Waals surface area contributed by atoms with Crippen molar-refractivity contribution in [3.63, 3.8) is 0 Å². The summed E-state index contributed by atoms with van der Waals surface area (Å²) >= 11 is 3.36. The molecule has 0 heterocycles. The highest BCUT2D eigenvalue weighted by molar-refractivity contribution is 9.10. The minimum Gasteiger partial charge on any atom is -0.480 e. The molecule has 2 rings (SSSR count). The molecule has 1 aromatic carbocycles. The van der Waals surface area contributed by atoms with E-state index in [9.17, 15) is 9.59 Å². The van der Waals surface area contributed by atoms with E-state index in [2.05, 4.69) is 21.2 Å². The number of aliphatic carboxylic acids is 1. The van der Waals surface area contributed by atoms with Crippen LogP contribution in [0.3, 0.4) is 0 Å². The van der Waals surface area contributed by atoms with Crippen LogP contribution in [0.15, 0.2) is 28.7 Å². The average Bonchev–Trinajstić information content (AvgIpc) is 3.15. The summed E-state index contributed by atoms with van der Waals surface area (Å²) in [7, 11) is 0. The van der Waals surface area contributed by atoms with Crippen LogP contribution in [0.2, 0.25) is 0 Å². The third-order valence-corrected chi connectivity index (χ3v) is 3.78. The van der Waals surface area contributed by atoms with Gasteiger partial charge in [0.15, 0.2) is 0 Å². The first-order chi connectivity index (χ1) is 9.54. The van der Waals surface area contributed by atoms with Crippen molar-refractivity contribution in [1.29, 1.82) is 0 Å². The van der Waals surface area contributed by atoms with Crippen molar-refractivity contribution in [3.05, 3.63) is 28.7 Å². The van der Waals surface area contributed by atoms with Crippen LogP contribution in [-0.4, -0.2) is 41.5 Å². The van der Waals surface area contributed by atoms with Gasteiger partial charge in [-0.25, -0.2) is 0 Å². The summed E-state index contributed by atoms with van der Waals surface area (Å²) in [6.07, 6.45) is 2.25. The molecule has 0 spiro atoms. The van der Waals surface area contributed by atoms with Crippen molar-refractivity contribution in [1.82, 2.24) is 4.90 Å². The van der Waals surface area contributed by atoms with Crippen LogP contribution in [0.1, 0.15) is 12.8 Å². The van der Waals surface area contributed by atoms with Gasteiger partial charge in [-0.1, -0.05) is 12.1 Å². The fraction of sp³-hybridized carbons (Fsp3) is 0.429. The predicted octanol–water partition coefficient (Wildman–Crippen LogP) is 2.18. The number of hydrogen-bond acceptors (Lipinski definition) is 3. The molecule has 1 aromatic rings. The Morgan fingerprint density at radius 3 is 2.60 bits per heavy atom. The number of halogens is 1. The normalized spacial score (nSPS) is 14.3. The number of para-hydroxylation sites is 1. The summed E-state index contributed by atoms with van der Waals surface area (Å²) < 4.78 is 0.806. The molecule has 0 aromatic heterocycles. The van der Waals surface area contributed by atoms with Gasteiger partial charge in [-0.15, -0.1) is 0 Å². The molecule has 0 unspecified atom stereocenters. The van der Waals surface area contributed by atoms with Crippen LogP contribution in [0.4, 0.5) is 5.69 Å². The van der Waals surface area contributed by atoms with E-state index in [-0.39, 0.29) is 19.0 Å². The van der Waals surface area contributed by atoms with E-state index in [1.807, 2.05) is 18.2 Å². The lowest BCUT2D eigenvalue weighted by Crippen LogP contribution is -2.38. The zero-order valence-electron chi connectivity index (χ0n) is 11.0. The lowest BCUT2D eigenvalue weighted by atomic mass is 10.3. The lowest BCUT2D eigenvalue weighted by molar-refractivity contribution is -0.138. The molecule has 0 bridgehead atoms. The van der Waals surface area contributed by atoms with Crippen LogP contribution < -0.4 is 5.32 Å². The number of carboxylic acids is 1. The second-order valence-corrected chi connectivity index (χ2v) is 5.89. The van der Waals surface area contributed by atoms with Gasteiger partial charge in [0, 0.05) is 11.0 Å². The van der Waals surface area contributed by atoms with E-state index in [1.165, 1.54) is 0 Å². The third-order valence-electron chi connectivity index (χ3n) is 3.09. The summed E-state index contributed by atoms with van der Waals surface area (Å²) in [5.74, 6) is -0.552. The van der Waals surface area contributed by atoms with Crippen molar-refractivity contribution >= 4 is 33.5 Å². The lowest BCUT2D eigenvalue weighted by Gasteiger charge is -2.19. The molecular weight excluding hydrogens is 324 g/mol. The monoisotopic (exact) mass is 340 g/mol. The first-order valence-corrected chi connectivity index (χ1v) is 7.32. The van der Waals surface area contributed by atoms with Crippen LogP contribution in [0.25, 0.3) is 0 Å². The molecule has 1 fully saturated rings. The van der Waals surface area contributed by atoms with Gasteiger partial charge in [-0.2, -0.15) is 0 Å². The van der Waals surface area contributed by atoms with Crippen LogP contribution in [0.5, 0.6) is 0 Å². The summed E-state index contributed by atoms with van der Waals surface area (Å²) in [5, 5.41) is 11.7. The molecule has 1 amide bonds. The number of benzene rings is 1. The molecule has 0 saturated heterocycles. The Bertz CT molecular complexity index is 503. The molecule has 0 radical (unpaired) electrons. The van der Waals surface area contributed by atoms with Crippen molar-refractivity contribution < 1.29 is 14.7 Å². The van der Waals surface area contributed by atoms with E-state index in [1.54, 1.807) is 11.0 Å². The van der Waals surface area contributed by atoms with Gasteiger partial charge in [0.05, 0.1) is 18.8 Å². The van der Waals surface area contributed by atoms with Gasteiger partial charge < -0.3 is 10.4 Å². The van der Waals surface area contributed by atoms with Crippen LogP contribution >= 0.6 is 15.9 Å². The van der Waals surface area contributed by atoms with Gasteiger partial charge in [0.25, 0.3) is 0 Å². The molecule has 0 aliphatic heterocycles. The Hall–Kier alpha value is -1.40. The summed E-state index contributed by atoms with van der Waals surface area (Å²) in [6.45, 7) is 0.680. The number of nitrogens with zero attached hydrogens (tertiary/aromatic N) is 1. The van der Waals surface area contributed by atoms with E-state index >= 15 is 0 Å². The minimum absolute atomic E-state index is 0.0973. The van der Waals surface area contributed by atoms with E-state index in [4.69, 9.17) is 5.11 Å². The molecule has 2 N–H and O–H groups in total. The highest BCUT2D eigenvalue weighted by Gasteiger charge is 2.26.